The maximum Gasteiger partial charge on any atom is 0.407 e. The van der Waals surface area contributed by atoms with Crippen LogP contribution in [0.5, 0.6) is 0 Å². The van der Waals surface area contributed by atoms with Gasteiger partial charge in [-0.15, -0.1) is 0 Å². The smallest absolute Gasteiger partial charge is 0.407 e. The van der Waals surface area contributed by atoms with E-state index in [0.717, 1.165) is 0 Å². The first-order chi connectivity index (χ1) is 12.4. The molecule has 0 spiro atoms. The average Bonchev–Trinajstić information content (AvgIpc) is 2.41. The van der Waals surface area contributed by atoms with Crippen molar-refractivity contribution in [1.82, 2.24) is 5.32 Å². The third-order valence-electron chi connectivity index (χ3n) is 5.14. The van der Waals surface area contributed by atoms with Crippen molar-refractivity contribution in [2.75, 3.05) is 0 Å². The first kappa shape index (κ1) is 26.9. The minimum atomic E-state index is -2.17. The van der Waals surface area contributed by atoms with Crippen molar-refractivity contribution in [3.63, 3.8) is 0 Å². The van der Waals surface area contributed by atoms with Gasteiger partial charge in [0.25, 0.3) is 0 Å². The molecule has 0 fully saturated rings. The van der Waals surface area contributed by atoms with Crippen LogP contribution in [0.3, 0.4) is 0 Å². The summed E-state index contributed by atoms with van der Waals surface area (Å²) in [6.07, 6.45) is 0.145. The van der Waals surface area contributed by atoms with E-state index in [9.17, 15) is 14.7 Å². The van der Waals surface area contributed by atoms with E-state index < -0.39 is 31.9 Å². The summed E-state index contributed by atoms with van der Waals surface area (Å²) >= 11 is 0. The van der Waals surface area contributed by atoms with Crippen LogP contribution in [0, 0.1) is 11.8 Å². The molecule has 0 aromatic heterocycles. The molecule has 0 saturated heterocycles. The number of alkyl carbamates (subject to hydrolysis) is 1. The van der Waals surface area contributed by atoms with Crippen LogP contribution in [0.1, 0.15) is 75.2 Å². The molecule has 0 saturated carbocycles. The van der Waals surface area contributed by atoms with Crippen LogP contribution in [0.2, 0.25) is 18.1 Å². The molecule has 6 nitrogen and oxygen atoms in total. The van der Waals surface area contributed by atoms with Gasteiger partial charge in [0.15, 0.2) is 8.32 Å². The summed E-state index contributed by atoms with van der Waals surface area (Å²) < 4.78 is 12.1. The average molecular weight is 418 g/mol. The molecule has 3 atom stereocenters. The predicted molar refractivity (Wildman–Crippen MR) is 116 cm³/mol. The fourth-order valence-corrected chi connectivity index (χ4v) is 3.94. The van der Waals surface area contributed by atoms with Crippen molar-refractivity contribution < 1.29 is 23.9 Å². The number of carbonyl (C=O) groups is 2. The van der Waals surface area contributed by atoms with Gasteiger partial charge >= 0.3 is 12.1 Å². The highest BCUT2D eigenvalue weighted by Gasteiger charge is 2.42. The number of amides is 1. The van der Waals surface area contributed by atoms with Crippen molar-refractivity contribution >= 4 is 20.4 Å². The molecule has 1 amide bonds. The molecule has 0 aromatic carbocycles. The summed E-state index contributed by atoms with van der Waals surface area (Å²) in [5.41, 5.74) is -0.601. The van der Waals surface area contributed by atoms with E-state index in [1.54, 1.807) is 6.92 Å². The number of nitrogens with one attached hydrogen (secondary N) is 1. The monoisotopic (exact) mass is 417 g/mol. The van der Waals surface area contributed by atoms with Gasteiger partial charge in [0.1, 0.15) is 5.60 Å². The molecular formula is C21H43NO5Si. The maximum atomic E-state index is 12.4. The molecule has 0 aliphatic carbocycles. The van der Waals surface area contributed by atoms with Crippen molar-refractivity contribution in [2.24, 2.45) is 11.8 Å². The molecule has 0 bridgehead atoms. The van der Waals surface area contributed by atoms with Crippen molar-refractivity contribution in [2.45, 2.75) is 111 Å². The molecule has 0 heterocycles. The van der Waals surface area contributed by atoms with Crippen molar-refractivity contribution in [3.8, 4) is 0 Å². The summed E-state index contributed by atoms with van der Waals surface area (Å²) in [6, 6.07) is -0.314. The van der Waals surface area contributed by atoms with Crippen LogP contribution in [-0.4, -0.2) is 43.2 Å². The normalized spacial score (nSPS) is 16.4. The van der Waals surface area contributed by atoms with E-state index in [-0.39, 0.29) is 17.2 Å². The van der Waals surface area contributed by atoms with E-state index in [4.69, 9.17) is 9.16 Å². The van der Waals surface area contributed by atoms with Crippen LogP contribution in [0.4, 0.5) is 4.79 Å². The number of rotatable bonds is 9. The lowest BCUT2D eigenvalue weighted by molar-refractivity contribution is -0.142. The molecule has 0 aliphatic heterocycles. The highest BCUT2D eigenvalue weighted by atomic mass is 28.4. The Hall–Kier alpha value is -1.08. The summed E-state index contributed by atoms with van der Waals surface area (Å²) in [4.78, 5) is 23.9. The fourth-order valence-electron chi connectivity index (χ4n) is 2.57. The second kappa shape index (κ2) is 10.1. The highest BCUT2D eigenvalue weighted by Crippen LogP contribution is 2.38. The Balaban J connectivity index is 5.74. The second-order valence-corrected chi connectivity index (χ2v) is 15.5. The number of hydrogen-bond donors (Lipinski definition) is 2. The fraction of sp³-hybridized carbons (Fsp3) is 0.905. The molecule has 2 N–H and O–H groups in total. The van der Waals surface area contributed by atoms with Gasteiger partial charge in [-0.05, 0) is 57.7 Å². The minimum Gasteiger partial charge on any atom is -0.481 e. The van der Waals surface area contributed by atoms with E-state index >= 15 is 0 Å². The SMILES string of the molecule is CC(C)CC(NC(=O)OC(C)(C)C)[C@H](C[C@@H](C)C(=O)O)O[Si](C)(C)C(C)(C)C. The zero-order chi connectivity index (χ0) is 22.5. The third-order valence-corrected chi connectivity index (χ3v) is 9.64. The van der Waals surface area contributed by atoms with E-state index in [2.05, 4.69) is 53.0 Å². The van der Waals surface area contributed by atoms with E-state index in [1.165, 1.54) is 0 Å². The van der Waals surface area contributed by atoms with Gasteiger partial charge in [0.05, 0.1) is 18.1 Å². The van der Waals surface area contributed by atoms with Crippen LogP contribution in [-0.2, 0) is 14.0 Å². The van der Waals surface area contributed by atoms with Crippen LogP contribution < -0.4 is 5.32 Å². The number of aliphatic carboxylic acids is 1. The Labute approximate surface area is 172 Å². The lowest BCUT2D eigenvalue weighted by Crippen LogP contribution is -2.53. The van der Waals surface area contributed by atoms with Crippen LogP contribution in [0.15, 0.2) is 0 Å². The zero-order valence-electron chi connectivity index (χ0n) is 19.8. The first-order valence-electron chi connectivity index (χ1n) is 10.3. The topological polar surface area (TPSA) is 84.9 Å². The molecule has 0 rings (SSSR count). The largest absolute Gasteiger partial charge is 0.481 e. The molecule has 28 heavy (non-hydrogen) atoms. The summed E-state index contributed by atoms with van der Waals surface area (Å²) in [6.45, 7) is 22.0. The summed E-state index contributed by atoms with van der Waals surface area (Å²) in [5, 5.41) is 12.4. The molecule has 7 heteroatoms. The quantitative estimate of drug-likeness (QED) is 0.489. The Morgan fingerprint density at radius 2 is 1.50 bits per heavy atom. The van der Waals surface area contributed by atoms with Gasteiger partial charge in [-0.2, -0.15) is 0 Å². The van der Waals surface area contributed by atoms with Gasteiger partial charge in [-0.25, -0.2) is 4.79 Å². The van der Waals surface area contributed by atoms with Gasteiger partial charge < -0.3 is 19.6 Å². The lowest BCUT2D eigenvalue weighted by Gasteiger charge is -2.42. The Morgan fingerprint density at radius 3 is 1.86 bits per heavy atom. The lowest BCUT2D eigenvalue weighted by atomic mass is 9.93. The molecule has 0 aromatic rings. The van der Waals surface area contributed by atoms with E-state index in [0.29, 0.717) is 18.8 Å². The Morgan fingerprint density at radius 1 is 1.00 bits per heavy atom. The number of ether oxygens (including phenoxy) is 1. The van der Waals surface area contributed by atoms with Gasteiger partial charge in [-0.3, -0.25) is 4.79 Å². The van der Waals surface area contributed by atoms with Gasteiger partial charge in [0, 0.05) is 0 Å². The molecule has 0 aliphatic rings. The van der Waals surface area contributed by atoms with E-state index in [1.807, 2.05) is 20.8 Å². The molecule has 166 valence electrons. The standard InChI is InChI=1S/C21H43NO5Si/c1-14(2)12-16(22-19(25)26-20(4,5)6)17(13-15(3)18(23)24)27-28(10,11)21(7,8)9/h14-17H,12-13H2,1-11H3,(H,22,25)(H,23,24)/t15-,16?,17+/m1/s1. The summed E-state index contributed by atoms with van der Waals surface area (Å²) in [5.74, 6) is -1.11. The third kappa shape index (κ3) is 9.91. The number of carboxylic acids is 1. The second-order valence-electron chi connectivity index (χ2n) is 10.8. The van der Waals surface area contributed by atoms with Crippen molar-refractivity contribution in [1.29, 1.82) is 0 Å². The summed E-state index contributed by atoms with van der Waals surface area (Å²) in [7, 11) is -2.17. The van der Waals surface area contributed by atoms with Gasteiger partial charge in [-0.1, -0.05) is 41.5 Å². The predicted octanol–water partition coefficient (Wildman–Crippen LogP) is 5.43. The Bertz CT molecular complexity index is 520. The molecule has 0 radical (unpaired) electrons. The Kier molecular flexibility index (Phi) is 9.71. The molecule has 1 unspecified atom stereocenters. The number of carbonyl (C=O) groups excluding carboxylic acids is 1. The minimum absolute atomic E-state index is 0.0218. The van der Waals surface area contributed by atoms with Gasteiger partial charge in [0.2, 0.25) is 0 Å². The number of carboxylic acid groups (broad SMARTS) is 1. The van der Waals surface area contributed by atoms with Crippen molar-refractivity contribution in [3.05, 3.63) is 0 Å². The first-order valence-corrected chi connectivity index (χ1v) is 13.2. The van der Waals surface area contributed by atoms with Crippen LogP contribution >= 0.6 is 0 Å². The maximum absolute atomic E-state index is 12.4. The number of hydrogen-bond acceptors (Lipinski definition) is 4. The zero-order valence-corrected chi connectivity index (χ0v) is 20.8. The highest BCUT2D eigenvalue weighted by molar-refractivity contribution is 6.74. The van der Waals surface area contributed by atoms with Crippen LogP contribution in [0.25, 0.3) is 0 Å². The molecular weight excluding hydrogens is 374 g/mol.